The van der Waals surface area contributed by atoms with Crippen molar-refractivity contribution in [3.05, 3.63) is 48.5 Å². The summed E-state index contributed by atoms with van der Waals surface area (Å²) in [5.74, 6) is 0.0913. The van der Waals surface area contributed by atoms with Crippen LogP contribution < -0.4 is 10.2 Å². The average Bonchev–Trinajstić information content (AvgIpc) is 2.70. The summed E-state index contributed by atoms with van der Waals surface area (Å²) in [5, 5.41) is 3.35. The van der Waals surface area contributed by atoms with E-state index in [1.165, 1.54) is 0 Å². The van der Waals surface area contributed by atoms with Crippen LogP contribution in [0.3, 0.4) is 0 Å². The number of hydrogen-bond acceptors (Lipinski definition) is 5. The van der Waals surface area contributed by atoms with Crippen LogP contribution in [0.5, 0.6) is 0 Å². The first-order chi connectivity index (χ1) is 13.2. The van der Waals surface area contributed by atoms with Gasteiger partial charge in [-0.05, 0) is 31.3 Å². The van der Waals surface area contributed by atoms with Gasteiger partial charge in [0.1, 0.15) is 0 Å². The van der Waals surface area contributed by atoms with Gasteiger partial charge in [-0.15, -0.1) is 0 Å². The number of nitrogens with one attached hydrogen (secondary N) is 1. The van der Waals surface area contributed by atoms with Crippen LogP contribution in [0.25, 0.3) is 0 Å². The fraction of sp³-hybridized carbons (Fsp3) is 0.381. The lowest BCUT2D eigenvalue weighted by atomic mass is 10.2. The number of piperazine rings is 1. The van der Waals surface area contributed by atoms with Crippen molar-refractivity contribution in [2.24, 2.45) is 0 Å². The van der Waals surface area contributed by atoms with E-state index in [9.17, 15) is 4.79 Å². The molecular weight excluding hydrogens is 356 g/mol. The monoisotopic (exact) mass is 382 g/mol. The molecule has 1 saturated heterocycles. The zero-order valence-electron chi connectivity index (χ0n) is 15.7. The van der Waals surface area contributed by atoms with Crippen LogP contribution >= 0.6 is 11.8 Å². The van der Waals surface area contributed by atoms with Crippen molar-refractivity contribution in [3.8, 4) is 0 Å². The summed E-state index contributed by atoms with van der Waals surface area (Å²) in [4.78, 5) is 22.0. The summed E-state index contributed by atoms with van der Waals surface area (Å²) in [5.41, 5.74) is 1.96. The summed E-state index contributed by atoms with van der Waals surface area (Å²) in [6.45, 7) is 6.63. The molecule has 0 spiro atoms. The second-order valence-corrected chi connectivity index (χ2v) is 8.17. The molecule has 142 valence electrons. The molecule has 0 bridgehead atoms. The van der Waals surface area contributed by atoms with Gasteiger partial charge in [-0.25, -0.2) is 0 Å². The van der Waals surface area contributed by atoms with Crippen molar-refractivity contribution < 1.29 is 4.79 Å². The summed E-state index contributed by atoms with van der Waals surface area (Å²) in [7, 11) is 2.17. The zero-order valence-corrected chi connectivity index (χ0v) is 16.5. The Morgan fingerprint density at radius 1 is 0.963 bits per heavy atom. The summed E-state index contributed by atoms with van der Waals surface area (Å²) in [6, 6.07) is 16.3. The van der Waals surface area contributed by atoms with Gasteiger partial charge in [-0.3, -0.25) is 14.6 Å². The molecule has 1 amide bonds. The first-order valence-corrected chi connectivity index (χ1v) is 10.3. The normalized spacial score (nSPS) is 17.4. The fourth-order valence-corrected chi connectivity index (χ4v) is 4.61. The van der Waals surface area contributed by atoms with Crippen LogP contribution in [0.4, 0.5) is 11.4 Å². The highest BCUT2D eigenvalue weighted by atomic mass is 32.2. The lowest BCUT2D eigenvalue weighted by Gasteiger charge is -2.33. The first-order valence-electron chi connectivity index (χ1n) is 9.53. The predicted octanol–water partition coefficient (Wildman–Crippen LogP) is 2.65. The molecule has 6 heteroatoms. The number of likely N-dealkylation sites (N-methyl/N-ethyl adjacent to an activating group) is 1. The molecule has 2 aromatic rings. The molecule has 5 nitrogen and oxygen atoms in total. The zero-order chi connectivity index (χ0) is 18.6. The molecule has 0 aromatic heterocycles. The standard InChI is InChI=1S/C21H26N4OS/c1-23-12-14-24(15-13-23)11-10-22-16-21(26)25-17-6-2-4-8-19(17)27-20-9-5-3-7-18(20)25/h2-9,22H,10-16H2,1H3. The molecule has 1 N–H and O–H groups in total. The SMILES string of the molecule is CN1CCN(CCNCC(=O)N2c3ccccc3Sc3ccccc32)CC1. The van der Waals surface area contributed by atoms with Crippen LogP contribution in [-0.2, 0) is 4.79 Å². The quantitative estimate of drug-likeness (QED) is 0.805. The number of fused-ring (bicyclic) bond motifs is 2. The van der Waals surface area contributed by atoms with Gasteiger partial charge in [0.05, 0.1) is 17.9 Å². The maximum Gasteiger partial charge on any atom is 0.245 e. The molecule has 27 heavy (non-hydrogen) atoms. The Labute approximate surface area is 165 Å². The van der Waals surface area contributed by atoms with Crippen LogP contribution in [0, 0.1) is 0 Å². The van der Waals surface area contributed by atoms with Crippen molar-refractivity contribution in [1.29, 1.82) is 0 Å². The Balaban J connectivity index is 1.38. The number of rotatable bonds is 5. The molecule has 0 saturated carbocycles. The van der Waals surface area contributed by atoms with Crippen LogP contribution in [-0.4, -0.2) is 68.6 Å². The molecule has 1 fully saturated rings. The minimum absolute atomic E-state index is 0.0913. The van der Waals surface area contributed by atoms with E-state index in [1.807, 2.05) is 41.3 Å². The van der Waals surface area contributed by atoms with Crippen molar-refractivity contribution in [1.82, 2.24) is 15.1 Å². The van der Waals surface area contributed by atoms with E-state index in [-0.39, 0.29) is 5.91 Å². The third kappa shape index (κ3) is 4.19. The Morgan fingerprint density at radius 3 is 2.19 bits per heavy atom. The number of carbonyl (C=O) groups excluding carboxylic acids is 1. The van der Waals surface area contributed by atoms with Gasteiger partial charge in [0.15, 0.2) is 0 Å². The molecule has 4 rings (SSSR count). The Bertz CT molecular complexity index is 759. The highest BCUT2D eigenvalue weighted by Crippen LogP contribution is 2.47. The highest BCUT2D eigenvalue weighted by Gasteiger charge is 2.27. The molecule has 2 aliphatic heterocycles. The second-order valence-electron chi connectivity index (χ2n) is 7.09. The van der Waals surface area contributed by atoms with Gasteiger partial charge in [-0.2, -0.15) is 0 Å². The molecular formula is C21H26N4OS. The maximum atomic E-state index is 13.1. The second kappa shape index (κ2) is 8.44. The van der Waals surface area contributed by atoms with Crippen LogP contribution in [0.15, 0.2) is 58.3 Å². The number of hydrogen-bond donors (Lipinski definition) is 1. The fourth-order valence-electron chi connectivity index (χ4n) is 3.56. The number of benzene rings is 2. The number of nitrogens with zero attached hydrogens (tertiary/aromatic N) is 3. The molecule has 2 heterocycles. The van der Waals surface area contributed by atoms with Crippen molar-refractivity contribution >= 4 is 29.0 Å². The van der Waals surface area contributed by atoms with E-state index < -0.39 is 0 Å². The van der Waals surface area contributed by atoms with E-state index in [2.05, 4.69) is 34.3 Å². The van der Waals surface area contributed by atoms with Gasteiger partial charge < -0.3 is 10.2 Å². The van der Waals surface area contributed by atoms with Gasteiger partial charge in [-0.1, -0.05) is 36.0 Å². The Morgan fingerprint density at radius 2 is 1.56 bits per heavy atom. The Kier molecular flexibility index (Phi) is 5.78. The van der Waals surface area contributed by atoms with Gasteiger partial charge in [0.2, 0.25) is 5.91 Å². The number of amides is 1. The summed E-state index contributed by atoms with van der Waals surface area (Å²) >= 11 is 1.73. The highest BCUT2D eigenvalue weighted by molar-refractivity contribution is 7.99. The average molecular weight is 383 g/mol. The van der Waals surface area contributed by atoms with Crippen LogP contribution in [0.1, 0.15) is 0 Å². The van der Waals surface area contributed by atoms with Crippen molar-refractivity contribution in [2.45, 2.75) is 9.79 Å². The molecule has 0 unspecified atom stereocenters. The lowest BCUT2D eigenvalue weighted by molar-refractivity contribution is -0.117. The van der Waals surface area contributed by atoms with Crippen molar-refractivity contribution in [2.75, 3.05) is 57.8 Å². The largest absolute Gasteiger partial charge is 0.307 e. The maximum absolute atomic E-state index is 13.1. The third-order valence-electron chi connectivity index (χ3n) is 5.16. The van der Waals surface area contributed by atoms with E-state index >= 15 is 0 Å². The van der Waals surface area contributed by atoms with Crippen LogP contribution in [0.2, 0.25) is 0 Å². The minimum atomic E-state index is 0.0913. The van der Waals surface area contributed by atoms with E-state index in [0.717, 1.165) is 60.4 Å². The van der Waals surface area contributed by atoms with Gasteiger partial charge >= 0.3 is 0 Å². The van der Waals surface area contributed by atoms with Gasteiger partial charge in [0, 0.05) is 49.1 Å². The topological polar surface area (TPSA) is 38.8 Å². The van der Waals surface area contributed by atoms with E-state index in [1.54, 1.807) is 11.8 Å². The molecule has 2 aliphatic rings. The van der Waals surface area contributed by atoms with E-state index in [0.29, 0.717) is 6.54 Å². The van der Waals surface area contributed by atoms with Gasteiger partial charge in [0.25, 0.3) is 0 Å². The van der Waals surface area contributed by atoms with Crippen molar-refractivity contribution in [3.63, 3.8) is 0 Å². The molecule has 0 atom stereocenters. The Hall–Kier alpha value is -1.86. The molecule has 2 aromatic carbocycles. The smallest absolute Gasteiger partial charge is 0.245 e. The molecule has 0 radical (unpaired) electrons. The summed E-state index contributed by atoms with van der Waals surface area (Å²) < 4.78 is 0. The first kappa shape index (κ1) is 18.5. The minimum Gasteiger partial charge on any atom is -0.307 e. The predicted molar refractivity (Wildman–Crippen MR) is 111 cm³/mol. The number of carbonyl (C=O) groups is 1. The number of anilines is 2. The molecule has 0 aliphatic carbocycles. The number of para-hydroxylation sites is 2. The lowest BCUT2D eigenvalue weighted by Crippen LogP contribution is -2.47. The summed E-state index contributed by atoms with van der Waals surface area (Å²) in [6.07, 6.45) is 0. The van der Waals surface area contributed by atoms with E-state index in [4.69, 9.17) is 0 Å². The third-order valence-corrected chi connectivity index (χ3v) is 6.29.